The molecule has 11 heteroatoms. The average molecular weight is 497 g/mol. The van der Waals surface area contributed by atoms with Crippen molar-refractivity contribution in [2.45, 2.75) is 31.4 Å². The van der Waals surface area contributed by atoms with Crippen molar-refractivity contribution in [1.29, 1.82) is 0 Å². The first kappa shape index (κ1) is 25.9. The minimum Gasteiger partial charge on any atom is -0.497 e. The van der Waals surface area contributed by atoms with Crippen LogP contribution >= 0.6 is 0 Å². The molecule has 2 N–H and O–H groups in total. The summed E-state index contributed by atoms with van der Waals surface area (Å²) in [6, 6.07) is 9.28. The average Bonchev–Trinajstić information content (AvgIpc) is 2.81. The number of nitrogens with zero attached hydrogens (tertiary/aromatic N) is 1. The molecule has 1 heterocycles. The molecule has 0 aliphatic heterocycles. The maximum Gasteiger partial charge on any atom is 0.418 e. The van der Waals surface area contributed by atoms with Crippen LogP contribution in [-0.2, 0) is 12.4 Å². The van der Waals surface area contributed by atoms with Gasteiger partial charge in [-0.05, 0) is 54.4 Å². The monoisotopic (exact) mass is 497 g/mol. The van der Waals surface area contributed by atoms with Crippen molar-refractivity contribution in [3.63, 3.8) is 0 Å². The lowest BCUT2D eigenvalue weighted by atomic mass is 9.98. The largest absolute Gasteiger partial charge is 0.497 e. The molecule has 35 heavy (non-hydrogen) atoms. The molecule has 0 radical (unpaired) electrons. The van der Waals surface area contributed by atoms with E-state index < -0.39 is 47.3 Å². The molecule has 5 nitrogen and oxygen atoms in total. The molecule has 3 aromatic rings. The number of urea groups is 1. The van der Waals surface area contributed by atoms with Gasteiger partial charge in [0.05, 0.1) is 36.0 Å². The zero-order valence-corrected chi connectivity index (χ0v) is 18.5. The van der Waals surface area contributed by atoms with Crippen molar-refractivity contribution in [2.75, 3.05) is 7.11 Å². The van der Waals surface area contributed by atoms with Crippen LogP contribution in [0.2, 0.25) is 0 Å². The molecule has 0 aliphatic carbocycles. The Morgan fingerprint density at radius 2 is 1.46 bits per heavy atom. The number of methoxy groups -OCH3 is 1. The number of pyridine rings is 1. The van der Waals surface area contributed by atoms with Crippen molar-refractivity contribution >= 4 is 6.03 Å². The van der Waals surface area contributed by atoms with E-state index in [-0.39, 0.29) is 5.56 Å². The standard InChI is InChI=1S/C24H21F6N3O2/c1-14(15-7-11-18(35-2)12-8-15)32-22(34)33-20(16-5-9-17(10-6-16)23(25,26)27)21-19(24(28,29)30)4-3-13-31-21/h3-14,20H,1-2H3,(H2,32,33,34). The second kappa shape index (κ2) is 10.2. The number of alkyl halides is 6. The number of hydrogen-bond acceptors (Lipinski definition) is 3. The Kier molecular flexibility index (Phi) is 7.57. The van der Waals surface area contributed by atoms with E-state index in [0.717, 1.165) is 42.6 Å². The molecule has 1 aromatic heterocycles. The smallest absolute Gasteiger partial charge is 0.418 e. The van der Waals surface area contributed by atoms with E-state index in [2.05, 4.69) is 15.6 Å². The molecule has 3 rings (SSSR count). The summed E-state index contributed by atoms with van der Waals surface area (Å²) >= 11 is 0. The number of carbonyl (C=O) groups excluding carboxylic acids is 1. The van der Waals surface area contributed by atoms with Crippen molar-refractivity contribution in [1.82, 2.24) is 15.6 Å². The van der Waals surface area contributed by atoms with Crippen molar-refractivity contribution in [3.05, 3.63) is 94.8 Å². The predicted molar refractivity (Wildman–Crippen MR) is 116 cm³/mol. The van der Waals surface area contributed by atoms with E-state index in [0.29, 0.717) is 11.3 Å². The second-order valence-corrected chi connectivity index (χ2v) is 7.60. The van der Waals surface area contributed by atoms with Gasteiger partial charge < -0.3 is 15.4 Å². The highest BCUT2D eigenvalue weighted by atomic mass is 19.4. The Balaban J connectivity index is 1.92. The topological polar surface area (TPSA) is 63.2 Å². The normalized spacial score (nSPS) is 13.6. The SMILES string of the molecule is COc1ccc(C(C)NC(=O)NC(c2ccc(C(F)(F)F)cc2)c2ncccc2C(F)(F)F)cc1. The first-order valence-corrected chi connectivity index (χ1v) is 10.3. The fourth-order valence-corrected chi connectivity index (χ4v) is 3.41. The van der Waals surface area contributed by atoms with Crippen LogP contribution < -0.4 is 15.4 Å². The zero-order chi connectivity index (χ0) is 25.8. The number of aromatic nitrogens is 1. The van der Waals surface area contributed by atoms with E-state index in [4.69, 9.17) is 4.74 Å². The van der Waals surface area contributed by atoms with Gasteiger partial charge in [-0.3, -0.25) is 4.98 Å². The van der Waals surface area contributed by atoms with Crippen LogP contribution in [0.5, 0.6) is 5.75 Å². The minimum absolute atomic E-state index is 0.00514. The van der Waals surface area contributed by atoms with Gasteiger partial charge in [-0.2, -0.15) is 26.3 Å². The van der Waals surface area contributed by atoms with Gasteiger partial charge in [-0.25, -0.2) is 4.79 Å². The van der Waals surface area contributed by atoms with E-state index in [9.17, 15) is 31.1 Å². The van der Waals surface area contributed by atoms with Crippen LogP contribution in [0, 0.1) is 0 Å². The van der Waals surface area contributed by atoms with Crippen LogP contribution in [0.3, 0.4) is 0 Å². The summed E-state index contributed by atoms with van der Waals surface area (Å²) in [6.07, 6.45) is -8.32. The van der Waals surface area contributed by atoms with E-state index in [1.807, 2.05) is 0 Å². The molecule has 0 saturated carbocycles. The lowest BCUT2D eigenvalue weighted by molar-refractivity contribution is -0.139. The summed E-state index contributed by atoms with van der Waals surface area (Å²) in [4.78, 5) is 16.6. The lowest BCUT2D eigenvalue weighted by Crippen LogP contribution is -2.40. The van der Waals surface area contributed by atoms with Crippen LogP contribution in [0.1, 0.15) is 47.0 Å². The van der Waals surface area contributed by atoms with Gasteiger partial charge in [0.25, 0.3) is 0 Å². The molecule has 2 amide bonds. The third-order valence-corrected chi connectivity index (χ3v) is 5.23. The Bertz CT molecular complexity index is 1150. The number of ether oxygens (including phenoxy) is 1. The summed E-state index contributed by atoms with van der Waals surface area (Å²) in [7, 11) is 1.50. The van der Waals surface area contributed by atoms with Gasteiger partial charge >= 0.3 is 18.4 Å². The Hall–Kier alpha value is -3.76. The molecule has 2 unspecified atom stereocenters. The van der Waals surface area contributed by atoms with Gasteiger partial charge in [-0.15, -0.1) is 0 Å². The maximum atomic E-state index is 13.6. The zero-order valence-electron chi connectivity index (χ0n) is 18.5. The summed E-state index contributed by atoms with van der Waals surface area (Å²) in [5.41, 5.74) is -1.95. The number of hydrogen-bond donors (Lipinski definition) is 2. The molecule has 2 atom stereocenters. The minimum atomic E-state index is -4.80. The highest BCUT2D eigenvalue weighted by Crippen LogP contribution is 2.36. The van der Waals surface area contributed by atoms with E-state index >= 15 is 0 Å². The van der Waals surface area contributed by atoms with Crippen LogP contribution in [0.25, 0.3) is 0 Å². The fraction of sp³-hybridized carbons (Fsp3) is 0.250. The second-order valence-electron chi connectivity index (χ2n) is 7.60. The van der Waals surface area contributed by atoms with Crippen LogP contribution in [0.15, 0.2) is 66.9 Å². The quantitative estimate of drug-likeness (QED) is 0.394. The first-order valence-electron chi connectivity index (χ1n) is 10.3. The number of nitrogens with one attached hydrogen (secondary N) is 2. The summed E-state index contributed by atoms with van der Waals surface area (Å²) in [5.74, 6) is 0.600. The Morgan fingerprint density at radius 3 is 2.00 bits per heavy atom. The summed E-state index contributed by atoms with van der Waals surface area (Å²) in [6.45, 7) is 1.66. The lowest BCUT2D eigenvalue weighted by Gasteiger charge is -2.24. The van der Waals surface area contributed by atoms with Gasteiger partial charge in [-0.1, -0.05) is 24.3 Å². The van der Waals surface area contributed by atoms with Gasteiger partial charge in [0.2, 0.25) is 0 Å². The Morgan fingerprint density at radius 1 is 0.857 bits per heavy atom. The third kappa shape index (κ3) is 6.43. The highest BCUT2D eigenvalue weighted by molar-refractivity contribution is 5.75. The maximum absolute atomic E-state index is 13.6. The molecule has 2 aromatic carbocycles. The molecular weight excluding hydrogens is 476 g/mol. The molecule has 0 spiro atoms. The number of rotatable bonds is 6. The summed E-state index contributed by atoms with van der Waals surface area (Å²) in [5, 5.41) is 5.04. The van der Waals surface area contributed by atoms with E-state index in [1.54, 1.807) is 31.2 Å². The highest BCUT2D eigenvalue weighted by Gasteiger charge is 2.37. The van der Waals surface area contributed by atoms with Crippen molar-refractivity contribution < 1.29 is 35.9 Å². The first-order chi connectivity index (χ1) is 16.4. The molecule has 0 bridgehead atoms. The van der Waals surface area contributed by atoms with Gasteiger partial charge in [0.15, 0.2) is 0 Å². The number of benzene rings is 2. The molecule has 186 valence electrons. The third-order valence-electron chi connectivity index (χ3n) is 5.23. The fourth-order valence-electron chi connectivity index (χ4n) is 3.41. The van der Waals surface area contributed by atoms with Crippen molar-refractivity contribution in [2.24, 2.45) is 0 Å². The number of carbonyl (C=O) groups is 1. The molecule has 0 saturated heterocycles. The predicted octanol–water partition coefficient (Wildman–Crippen LogP) is 6.28. The van der Waals surface area contributed by atoms with E-state index in [1.165, 1.54) is 7.11 Å². The van der Waals surface area contributed by atoms with Crippen LogP contribution in [-0.4, -0.2) is 18.1 Å². The molecule has 0 aliphatic rings. The summed E-state index contributed by atoms with van der Waals surface area (Å²) < 4.78 is 85.0. The Labute approximate surface area is 197 Å². The van der Waals surface area contributed by atoms with Crippen molar-refractivity contribution in [3.8, 4) is 5.75 Å². The number of halogens is 6. The van der Waals surface area contributed by atoms with Gasteiger partial charge in [0, 0.05) is 6.20 Å². The van der Waals surface area contributed by atoms with Crippen LogP contribution in [0.4, 0.5) is 31.1 Å². The molecule has 0 fully saturated rings. The number of amides is 2. The molecular formula is C24H21F6N3O2. The van der Waals surface area contributed by atoms with Gasteiger partial charge in [0.1, 0.15) is 5.75 Å².